The van der Waals surface area contributed by atoms with Crippen LogP contribution in [0.2, 0.25) is 0 Å². The lowest BCUT2D eigenvalue weighted by atomic mass is 10.1. The summed E-state index contributed by atoms with van der Waals surface area (Å²) in [6.07, 6.45) is 4.54. The van der Waals surface area contributed by atoms with Crippen LogP contribution < -0.4 is 4.90 Å². The van der Waals surface area contributed by atoms with Gasteiger partial charge in [-0.2, -0.15) is 0 Å². The summed E-state index contributed by atoms with van der Waals surface area (Å²) in [5, 5.41) is 0. The fraction of sp³-hybridized carbons (Fsp3) is 0.286. The number of sulfone groups is 1. The summed E-state index contributed by atoms with van der Waals surface area (Å²) in [5.41, 5.74) is 3.96. The number of carbonyl (C=O) groups excluding carboxylic acids is 1. The van der Waals surface area contributed by atoms with Gasteiger partial charge >= 0.3 is 0 Å². The second-order valence-corrected chi connectivity index (χ2v) is 8.78. The molecular weight excluding hydrogens is 346 g/mol. The SMILES string of the molecule is Cc1ccc(/C=C/C(=O)N(c2ccc(S(C)(=O)=O)cc2)C(C)C)c(C)c1. The number of carbonyl (C=O) groups is 1. The number of rotatable bonds is 5. The van der Waals surface area contributed by atoms with E-state index in [2.05, 4.69) is 6.07 Å². The molecule has 26 heavy (non-hydrogen) atoms. The van der Waals surface area contributed by atoms with Crippen LogP contribution in [0.5, 0.6) is 0 Å². The molecule has 0 spiro atoms. The average Bonchev–Trinajstić information content (AvgIpc) is 2.53. The Bertz CT molecular complexity index is 926. The number of nitrogens with zero attached hydrogens (tertiary/aromatic N) is 1. The van der Waals surface area contributed by atoms with Crippen LogP contribution in [-0.4, -0.2) is 26.6 Å². The zero-order valence-corrected chi connectivity index (χ0v) is 16.7. The minimum atomic E-state index is -3.26. The maximum absolute atomic E-state index is 12.7. The molecule has 2 rings (SSSR count). The zero-order valence-electron chi connectivity index (χ0n) is 15.9. The molecule has 5 heteroatoms. The Morgan fingerprint density at radius 1 is 1.04 bits per heavy atom. The Hall–Kier alpha value is -2.40. The van der Waals surface area contributed by atoms with Gasteiger partial charge in [0.25, 0.3) is 5.91 Å². The molecule has 2 aromatic rings. The molecule has 4 nitrogen and oxygen atoms in total. The van der Waals surface area contributed by atoms with E-state index in [9.17, 15) is 13.2 Å². The van der Waals surface area contributed by atoms with Gasteiger partial charge in [-0.15, -0.1) is 0 Å². The number of benzene rings is 2. The van der Waals surface area contributed by atoms with Crippen molar-refractivity contribution in [2.45, 2.75) is 38.6 Å². The lowest BCUT2D eigenvalue weighted by molar-refractivity contribution is -0.114. The van der Waals surface area contributed by atoms with Crippen molar-refractivity contribution in [2.24, 2.45) is 0 Å². The molecule has 0 aliphatic heterocycles. The standard InChI is InChI=1S/C21H25NO3S/c1-15(2)22(19-9-11-20(12-10-19)26(5,24)25)21(23)13-8-18-7-6-16(3)14-17(18)4/h6-15H,1-5H3/b13-8+. The second-order valence-electron chi connectivity index (χ2n) is 6.76. The molecule has 0 radical (unpaired) electrons. The van der Waals surface area contributed by atoms with E-state index in [1.807, 2.05) is 45.9 Å². The topological polar surface area (TPSA) is 54.5 Å². The number of aryl methyl sites for hydroxylation is 2. The van der Waals surface area contributed by atoms with Crippen molar-refractivity contribution in [3.63, 3.8) is 0 Å². The van der Waals surface area contributed by atoms with Crippen molar-refractivity contribution < 1.29 is 13.2 Å². The molecule has 0 aliphatic carbocycles. The first-order valence-corrected chi connectivity index (χ1v) is 10.4. The van der Waals surface area contributed by atoms with Gasteiger partial charge in [-0.05, 0) is 69.2 Å². The first-order chi connectivity index (χ1) is 12.1. The third kappa shape index (κ3) is 4.82. The highest BCUT2D eigenvalue weighted by atomic mass is 32.2. The van der Waals surface area contributed by atoms with Crippen LogP contribution in [0.3, 0.4) is 0 Å². The minimum absolute atomic E-state index is 0.0599. The van der Waals surface area contributed by atoms with Gasteiger partial charge in [-0.1, -0.05) is 23.8 Å². The van der Waals surface area contributed by atoms with E-state index < -0.39 is 9.84 Å². The fourth-order valence-electron chi connectivity index (χ4n) is 2.79. The molecule has 0 saturated carbocycles. The van der Waals surface area contributed by atoms with E-state index in [-0.39, 0.29) is 16.8 Å². The summed E-state index contributed by atoms with van der Waals surface area (Å²) in [5.74, 6) is -0.146. The summed E-state index contributed by atoms with van der Waals surface area (Å²) >= 11 is 0. The zero-order chi connectivity index (χ0) is 19.5. The average molecular weight is 372 g/mol. The third-order valence-electron chi connectivity index (χ3n) is 4.13. The van der Waals surface area contributed by atoms with E-state index in [1.54, 1.807) is 23.1 Å². The first-order valence-electron chi connectivity index (χ1n) is 8.48. The van der Waals surface area contributed by atoms with Crippen LogP contribution in [0.15, 0.2) is 53.4 Å². The van der Waals surface area contributed by atoms with Gasteiger partial charge in [0.15, 0.2) is 9.84 Å². The largest absolute Gasteiger partial charge is 0.306 e. The Morgan fingerprint density at radius 3 is 2.15 bits per heavy atom. The van der Waals surface area contributed by atoms with Crippen molar-refractivity contribution in [1.82, 2.24) is 0 Å². The van der Waals surface area contributed by atoms with Gasteiger partial charge in [0, 0.05) is 24.1 Å². The van der Waals surface area contributed by atoms with Crippen LogP contribution in [0, 0.1) is 13.8 Å². The summed E-state index contributed by atoms with van der Waals surface area (Å²) in [6, 6.07) is 12.4. The molecule has 0 atom stereocenters. The van der Waals surface area contributed by atoms with Crippen LogP contribution in [0.4, 0.5) is 5.69 Å². The van der Waals surface area contributed by atoms with Gasteiger partial charge in [-0.3, -0.25) is 4.79 Å². The fourth-order valence-corrected chi connectivity index (χ4v) is 3.42. The molecule has 0 saturated heterocycles. The van der Waals surface area contributed by atoms with E-state index in [4.69, 9.17) is 0 Å². The third-order valence-corrected chi connectivity index (χ3v) is 5.26. The van der Waals surface area contributed by atoms with Gasteiger partial charge in [0.05, 0.1) is 4.90 Å². The van der Waals surface area contributed by atoms with E-state index in [1.165, 1.54) is 24.0 Å². The maximum atomic E-state index is 12.7. The maximum Gasteiger partial charge on any atom is 0.251 e. The highest BCUT2D eigenvalue weighted by Gasteiger charge is 2.17. The molecule has 0 bridgehead atoms. The van der Waals surface area contributed by atoms with Crippen LogP contribution in [0.25, 0.3) is 6.08 Å². The van der Waals surface area contributed by atoms with E-state index in [0.29, 0.717) is 5.69 Å². The Labute approximate surface area is 156 Å². The van der Waals surface area contributed by atoms with Gasteiger partial charge in [0.2, 0.25) is 0 Å². The summed E-state index contributed by atoms with van der Waals surface area (Å²) in [4.78, 5) is 14.6. The molecule has 0 fully saturated rings. The smallest absolute Gasteiger partial charge is 0.251 e. The van der Waals surface area contributed by atoms with Crippen LogP contribution in [-0.2, 0) is 14.6 Å². The monoisotopic (exact) mass is 371 g/mol. The minimum Gasteiger partial charge on any atom is -0.306 e. The number of hydrogen-bond acceptors (Lipinski definition) is 3. The lowest BCUT2D eigenvalue weighted by Crippen LogP contribution is -2.35. The lowest BCUT2D eigenvalue weighted by Gasteiger charge is -2.25. The molecule has 138 valence electrons. The molecule has 0 aliphatic rings. The molecule has 2 aromatic carbocycles. The quantitative estimate of drug-likeness (QED) is 0.742. The van der Waals surface area contributed by atoms with Crippen molar-refractivity contribution in [3.05, 3.63) is 65.2 Å². The Morgan fingerprint density at radius 2 is 1.65 bits per heavy atom. The van der Waals surface area contributed by atoms with Crippen LogP contribution >= 0.6 is 0 Å². The first kappa shape index (κ1) is 19.9. The molecular formula is C21H25NO3S. The highest BCUT2D eigenvalue weighted by Crippen LogP contribution is 2.21. The Kier molecular flexibility index (Phi) is 6.03. The van der Waals surface area contributed by atoms with E-state index >= 15 is 0 Å². The molecule has 0 aromatic heterocycles. The molecule has 1 amide bonds. The number of anilines is 1. The van der Waals surface area contributed by atoms with Crippen molar-refractivity contribution >= 4 is 27.5 Å². The van der Waals surface area contributed by atoms with Gasteiger partial charge < -0.3 is 4.90 Å². The number of amides is 1. The summed E-state index contributed by atoms with van der Waals surface area (Å²) in [6.45, 7) is 7.90. The molecule has 0 unspecified atom stereocenters. The van der Waals surface area contributed by atoms with Gasteiger partial charge in [-0.25, -0.2) is 8.42 Å². The predicted molar refractivity (Wildman–Crippen MR) is 107 cm³/mol. The second kappa shape index (κ2) is 7.87. The van der Waals surface area contributed by atoms with Crippen molar-refractivity contribution in [2.75, 3.05) is 11.2 Å². The van der Waals surface area contributed by atoms with E-state index in [0.717, 1.165) is 11.1 Å². The van der Waals surface area contributed by atoms with Gasteiger partial charge in [0.1, 0.15) is 0 Å². The molecule has 0 N–H and O–H groups in total. The Balaban J connectivity index is 2.29. The summed E-state index contributed by atoms with van der Waals surface area (Å²) < 4.78 is 23.2. The summed E-state index contributed by atoms with van der Waals surface area (Å²) in [7, 11) is -3.26. The van der Waals surface area contributed by atoms with Crippen LogP contribution in [0.1, 0.15) is 30.5 Å². The van der Waals surface area contributed by atoms with Crippen molar-refractivity contribution in [3.8, 4) is 0 Å². The normalized spacial score (nSPS) is 11.9. The molecule has 0 heterocycles. The highest BCUT2D eigenvalue weighted by molar-refractivity contribution is 7.90. The number of hydrogen-bond donors (Lipinski definition) is 0. The predicted octanol–water partition coefficient (Wildman–Crippen LogP) is 4.16. The van der Waals surface area contributed by atoms with Crippen molar-refractivity contribution in [1.29, 1.82) is 0 Å².